The second-order valence-electron chi connectivity index (χ2n) is 19.8. The van der Waals surface area contributed by atoms with E-state index >= 15 is 0 Å². The van der Waals surface area contributed by atoms with Gasteiger partial charge in [0.2, 0.25) is 5.71 Å². The molecule has 299 valence electrons. The second-order valence-corrected chi connectivity index (χ2v) is 30.4. The van der Waals surface area contributed by atoms with E-state index in [2.05, 4.69) is 153 Å². The molecule has 4 aromatic heterocycles. The summed E-state index contributed by atoms with van der Waals surface area (Å²) in [6.07, 6.45) is 6.21. The average Bonchev–Trinajstić information content (AvgIpc) is 3.49. The average molecular weight is 995 g/mol. The van der Waals surface area contributed by atoms with Crippen molar-refractivity contribution in [1.82, 2.24) is 15.0 Å². The Labute approximate surface area is 358 Å². The molecule has 0 fully saturated rings. The van der Waals surface area contributed by atoms with Crippen molar-refractivity contribution in [1.29, 1.82) is 0 Å². The third-order valence-corrected chi connectivity index (χ3v) is 14.4. The van der Waals surface area contributed by atoms with Crippen LogP contribution in [0.3, 0.4) is 0 Å². The predicted octanol–water partition coefficient (Wildman–Crippen LogP) is 13.4. The largest absolute Gasteiger partial charge is 0.486 e. The fourth-order valence-corrected chi connectivity index (χ4v) is 10.5. The van der Waals surface area contributed by atoms with Crippen LogP contribution in [0.4, 0.5) is 0 Å². The van der Waals surface area contributed by atoms with Crippen molar-refractivity contribution >= 4 is 39.7 Å². The molecule has 0 bridgehead atoms. The van der Waals surface area contributed by atoms with E-state index in [4.69, 9.17) is 19.4 Å². The van der Waals surface area contributed by atoms with Gasteiger partial charge in [-0.2, -0.15) is 0 Å². The second kappa shape index (κ2) is 17.1. The van der Waals surface area contributed by atoms with E-state index in [0.29, 0.717) is 5.71 Å². The minimum absolute atomic E-state index is 0. The van der Waals surface area contributed by atoms with Crippen molar-refractivity contribution in [2.24, 2.45) is 10.8 Å². The molecule has 1 radical (unpaired) electrons. The third kappa shape index (κ3) is 11.0. The van der Waals surface area contributed by atoms with Crippen LogP contribution in [0.1, 0.15) is 84.6 Å². The van der Waals surface area contributed by atoms with Crippen LogP contribution in [0.15, 0.2) is 102 Å². The Morgan fingerprint density at radius 2 is 1.28 bits per heavy atom. The van der Waals surface area contributed by atoms with Crippen LogP contribution in [0.25, 0.3) is 55.8 Å². The molecule has 7 rings (SSSR count). The van der Waals surface area contributed by atoms with Crippen molar-refractivity contribution in [2.45, 2.75) is 105 Å². The number of nitrogens with zero attached hydrogens (tertiary/aromatic N) is 3. The molecule has 4 heterocycles. The van der Waals surface area contributed by atoms with Crippen LogP contribution in [-0.2, 0) is 38.4 Å². The summed E-state index contributed by atoms with van der Waals surface area (Å²) in [5, 5.41) is 2.04. The Morgan fingerprint density at radius 3 is 1.93 bits per heavy atom. The van der Waals surface area contributed by atoms with E-state index in [0.717, 1.165) is 63.0 Å². The molecule has 0 saturated carbocycles. The van der Waals surface area contributed by atoms with Gasteiger partial charge in [0, 0.05) is 37.3 Å². The van der Waals surface area contributed by atoms with Crippen molar-refractivity contribution in [2.75, 3.05) is 0 Å². The Hall–Kier alpha value is -3.90. The molecule has 0 saturated heterocycles. The number of hydrogen-bond donors (Lipinski definition) is 0. The monoisotopic (exact) mass is 996 g/mol. The normalized spacial score (nSPS) is 12.3. The topological polar surface area (TPSA) is 51.8 Å². The third-order valence-electron chi connectivity index (χ3n) is 10.0. The van der Waals surface area contributed by atoms with E-state index in [9.17, 15) is 0 Å². The summed E-state index contributed by atoms with van der Waals surface area (Å²) in [5.41, 5.74) is 13.3. The van der Waals surface area contributed by atoms with Gasteiger partial charge in [0.15, 0.2) is 0 Å². The standard InChI is InChI=1S/C28H25N2O.C23H34GeN.Ir/c1-18-17-29-25(15-20(18)16-28(2,3)4)23-12-8-11-21-22-13-14-24(19-9-6-5-7-10-19)30-27(22)31-26(21)23;1-22(2,3)15-18-14-21(25-16-20(18)24(7,8)9)17-11-10-12-19(13-17)23(4,5)6;/h5-11,13-15,17H,16H2,1-4H3;10,12-14,16H,15H2,1-9H3;/q2*-1;. The Bertz CT molecular complexity index is 2470. The van der Waals surface area contributed by atoms with Gasteiger partial charge in [0.25, 0.3) is 0 Å². The molecule has 0 N–H and O–H groups in total. The van der Waals surface area contributed by atoms with Gasteiger partial charge in [-0.05, 0) is 42.1 Å². The summed E-state index contributed by atoms with van der Waals surface area (Å²) in [4.78, 5) is 14.4. The van der Waals surface area contributed by atoms with Crippen LogP contribution < -0.4 is 4.40 Å². The zero-order valence-electron chi connectivity index (χ0n) is 36.2. The molecule has 6 heteroatoms. The van der Waals surface area contributed by atoms with Gasteiger partial charge in [-0.1, -0.05) is 73.7 Å². The molecule has 57 heavy (non-hydrogen) atoms. The first-order valence-corrected chi connectivity index (χ1v) is 27.3. The van der Waals surface area contributed by atoms with Gasteiger partial charge in [0.1, 0.15) is 0 Å². The summed E-state index contributed by atoms with van der Waals surface area (Å²) in [6.45, 7) is 22.6. The molecule has 0 aliphatic rings. The first-order chi connectivity index (χ1) is 26.2. The van der Waals surface area contributed by atoms with Crippen molar-refractivity contribution in [3.05, 3.63) is 132 Å². The van der Waals surface area contributed by atoms with Gasteiger partial charge in [-0.15, -0.1) is 18.2 Å². The summed E-state index contributed by atoms with van der Waals surface area (Å²) < 4.78 is 7.82. The van der Waals surface area contributed by atoms with Gasteiger partial charge < -0.3 is 9.40 Å². The van der Waals surface area contributed by atoms with Crippen molar-refractivity contribution in [3.8, 4) is 33.8 Å². The zero-order chi connectivity index (χ0) is 40.6. The Balaban J connectivity index is 0.000000219. The molecule has 0 unspecified atom stereocenters. The Kier molecular flexibility index (Phi) is 13.3. The first kappa shape index (κ1) is 44.2. The number of aryl methyl sites for hydroxylation is 1. The summed E-state index contributed by atoms with van der Waals surface area (Å²) in [6, 6.07) is 36.0. The fraction of sp³-hybridized carbons (Fsp3) is 0.353. The molecule has 0 aliphatic heterocycles. The molecular formula is C51H59GeIrN3O-2. The molecular weight excluding hydrogens is 935 g/mol. The van der Waals surface area contributed by atoms with Gasteiger partial charge in [-0.25, -0.2) is 4.98 Å². The number of hydrogen-bond acceptors (Lipinski definition) is 4. The maximum atomic E-state index is 6.29. The van der Waals surface area contributed by atoms with E-state index < -0.39 is 13.3 Å². The molecule has 3 aromatic carbocycles. The summed E-state index contributed by atoms with van der Waals surface area (Å²) in [7, 11) is 0. The smallest absolute Gasteiger partial charge is 0.216 e. The number of rotatable bonds is 6. The van der Waals surface area contributed by atoms with E-state index in [-0.39, 0.29) is 36.4 Å². The molecule has 0 atom stereocenters. The quantitative estimate of drug-likeness (QED) is 0.123. The van der Waals surface area contributed by atoms with Crippen LogP contribution in [-0.4, -0.2) is 28.2 Å². The van der Waals surface area contributed by atoms with Gasteiger partial charge in [-0.3, -0.25) is 0 Å². The van der Waals surface area contributed by atoms with Crippen molar-refractivity contribution in [3.63, 3.8) is 0 Å². The maximum Gasteiger partial charge on any atom is 0.216 e. The first-order valence-electron chi connectivity index (χ1n) is 19.9. The zero-order valence-corrected chi connectivity index (χ0v) is 40.7. The van der Waals surface area contributed by atoms with Crippen LogP contribution in [0.5, 0.6) is 0 Å². The summed E-state index contributed by atoms with van der Waals surface area (Å²) in [5.74, 6) is 7.36. The van der Waals surface area contributed by atoms with Gasteiger partial charge in [0.05, 0.1) is 11.3 Å². The van der Waals surface area contributed by atoms with Crippen LogP contribution in [0, 0.1) is 29.9 Å². The predicted molar refractivity (Wildman–Crippen MR) is 240 cm³/mol. The molecule has 4 nitrogen and oxygen atoms in total. The maximum absolute atomic E-state index is 6.29. The van der Waals surface area contributed by atoms with Crippen LogP contribution in [0.2, 0.25) is 17.3 Å². The number of fused-ring (bicyclic) bond motifs is 3. The van der Waals surface area contributed by atoms with E-state index in [1.165, 1.54) is 26.6 Å². The SMILES string of the molecule is CC(C)(C)Cc1cc(-c2[c-]ccc(C(C)(C)C)c2)nc[c]1[Ge]([CH3])([CH3])[CH3].Cc1cnc(-c2[c-]ccc3c2oc2nc(-c4ccccc4)ccc23)cc1CC(C)(C)C.[Ir]. The van der Waals surface area contributed by atoms with Crippen LogP contribution >= 0.6 is 0 Å². The molecule has 0 amide bonds. The molecule has 0 spiro atoms. The fourth-order valence-electron chi connectivity index (χ4n) is 7.16. The summed E-state index contributed by atoms with van der Waals surface area (Å²) >= 11 is -1.95. The molecule has 7 aromatic rings. The minimum atomic E-state index is -1.95. The van der Waals surface area contributed by atoms with E-state index in [1.807, 2.05) is 42.6 Å². The Morgan fingerprint density at radius 1 is 0.649 bits per heavy atom. The number of furan rings is 1. The number of pyridine rings is 3. The minimum Gasteiger partial charge on any atom is -0.486 e. The van der Waals surface area contributed by atoms with E-state index in [1.54, 1.807) is 0 Å². The molecule has 0 aliphatic carbocycles. The number of aromatic nitrogens is 3. The number of benzene rings is 3. The van der Waals surface area contributed by atoms with Crippen molar-refractivity contribution < 1.29 is 24.5 Å². The van der Waals surface area contributed by atoms with Gasteiger partial charge >= 0.3 is 158 Å².